The molecule has 20 heavy (non-hydrogen) atoms. The Bertz CT molecular complexity index is 540. The average molecular weight is 269 g/mol. The van der Waals surface area contributed by atoms with Crippen molar-refractivity contribution in [2.75, 3.05) is 29.9 Å². The van der Waals surface area contributed by atoms with Crippen molar-refractivity contribution < 1.29 is 0 Å². The van der Waals surface area contributed by atoms with E-state index >= 15 is 0 Å². The minimum Gasteiger partial charge on any atom is -0.371 e. The summed E-state index contributed by atoms with van der Waals surface area (Å²) in [5.41, 5.74) is 2.62. The fraction of sp³-hybridized carbons (Fsp3) is 0.400. The lowest BCUT2D eigenvalue weighted by Crippen LogP contribution is -2.22. The van der Waals surface area contributed by atoms with Crippen LogP contribution in [0.15, 0.2) is 36.9 Å². The van der Waals surface area contributed by atoms with Crippen molar-refractivity contribution >= 4 is 11.6 Å². The Labute approximate surface area is 119 Å². The zero-order valence-electron chi connectivity index (χ0n) is 11.7. The topological polar surface area (TPSA) is 53.9 Å². The van der Waals surface area contributed by atoms with Crippen molar-refractivity contribution in [1.82, 2.24) is 15.0 Å². The van der Waals surface area contributed by atoms with Crippen LogP contribution >= 0.6 is 0 Å². The molecule has 104 valence electrons. The standard InChI is InChI=1S/C15H19N5/c1-12-2-4-14(5-3-12)20-7-6-13(9-20)8-17-15-18-10-16-11-19-15/h2-5,10-11,13H,6-9H2,1H3,(H,16,17,18,19)/t13-/m0/s1. The number of hydrogen-bond donors (Lipinski definition) is 1. The molecule has 0 bridgehead atoms. The molecule has 5 heteroatoms. The van der Waals surface area contributed by atoms with E-state index in [4.69, 9.17) is 0 Å². The van der Waals surface area contributed by atoms with Gasteiger partial charge in [-0.1, -0.05) is 17.7 Å². The molecule has 2 aromatic rings. The molecular formula is C15H19N5. The van der Waals surface area contributed by atoms with Crippen molar-refractivity contribution in [3.05, 3.63) is 42.5 Å². The van der Waals surface area contributed by atoms with Gasteiger partial charge in [0.1, 0.15) is 12.7 Å². The monoisotopic (exact) mass is 269 g/mol. The lowest BCUT2D eigenvalue weighted by atomic mass is 10.1. The van der Waals surface area contributed by atoms with Gasteiger partial charge in [0.15, 0.2) is 0 Å². The maximum absolute atomic E-state index is 4.08. The van der Waals surface area contributed by atoms with Crippen molar-refractivity contribution in [2.24, 2.45) is 5.92 Å². The Morgan fingerprint density at radius 3 is 2.70 bits per heavy atom. The molecule has 0 radical (unpaired) electrons. The number of anilines is 2. The molecule has 0 unspecified atom stereocenters. The first kappa shape index (κ1) is 12.8. The molecule has 1 aromatic heterocycles. The van der Waals surface area contributed by atoms with Crippen LogP contribution in [0.25, 0.3) is 0 Å². The van der Waals surface area contributed by atoms with Crippen molar-refractivity contribution in [1.29, 1.82) is 0 Å². The van der Waals surface area contributed by atoms with E-state index in [9.17, 15) is 0 Å². The van der Waals surface area contributed by atoms with Gasteiger partial charge in [0, 0.05) is 25.3 Å². The lowest BCUT2D eigenvalue weighted by Gasteiger charge is -2.19. The van der Waals surface area contributed by atoms with Gasteiger partial charge < -0.3 is 10.2 Å². The van der Waals surface area contributed by atoms with Gasteiger partial charge in [-0.25, -0.2) is 15.0 Å². The van der Waals surface area contributed by atoms with Crippen molar-refractivity contribution in [3.8, 4) is 0 Å². The fourth-order valence-electron chi connectivity index (χ4n) is 2.56. The molecule has 0 spiro atoms. The highest BCUT2D eigenvalue weighted by Crippen LogP contribution is 2.24. The molecule has 3 rings (SSSR count). The summed E-state index contributed by atoms with van der Waals surface area (Å²) < 4.78 is 0. The highest BCUT2D eigenvalue weighted by Gasteiger charge is 2.22. The molecule has 0 aliphatic carbocycles. The van der Waals surface area contributed by atoms with Crippen molar-refractivity contribution in [2.45, 2.75) is 13.3 Å². The Morgan fingerprint density at radius 1 is 1.20 bits per heavy atom. The van der Waals surface area contributed by atoms with Gasteiger partial charge in [-0.3, -0.25) is 0 Å². The molecule has 1 fully saturated rings. The minimum atomic E-state index is 0.632. The molecular weight excluding hydrogens is 250 g/mol. The molecule has 0 amide bonds. The van der Waals surface area contributed by atoms with Crippen LogP contribution in [0.3, 0.4) is 0 Å². The molecule has 1 N–H and O–H groups in total. The summed E-state index contributed by atoms with van der Waals surface area (Å²) in [6.45, 7) is 5.23. The van der Waals surface area contributed by atoms with Crippen LogP contribution in [-0.4, -0.2) is 34.6 Å². The second-order valence-corrected chi connectivity index (χ2v) is 5.28. The summed E-state index contributed by atoms with van der Waals surface area (Å²) in [5, 5.41) is 3.28. The molecule has 0 saturated carbocycles. The summed E-state index contributed by atoms with van der Waals surface area (Å²) in [6, 6.07) is 8.76. The Hall–Kier alpha value is -2.17. The predicted octanol–water partition coefficient (Wildman–Crippen LogP) is 2.12. The summed E-state index contributed by atoms with van der Waals surface area (Å²) in [7, 11) is 0. The molecule has 5 nitrogen and oxygen atoms in total. The van der Waals surface area contributed by atoms with E-state index in [2.05, 4.69) is 56.4 Å². The van der Waals surface area contributed by atoms with Crippen LogP contribution in [0, 0.1) is 12.8 Å². The number of nitrogens with one attached hydrogen (secondary N) is 1. The van der Waals surface area contributed by atoms with Gasteiger partial charge in [-0.15, -0.1) is 0 Å². The third-order valence-corrected chi connectivity index (χ3v) is 3.73. The number of aromatic nitrogens is 3. The van der Waals surface area contributed by atoms with E-state index in [1.165, 1.54) is 30.3 Å². The Balaban J connectivity index is 1.53. The highest BCUT2D eigenvalue weighted by molar-refractivity contribution is 5.48. The fourth-order valence-corrected chi connectivity index (χ4v) is 2.56. The number of aryl methyl sites for hydroxylation is 1. The lowest BCUT2D eigenvalue weighted by molar-refractivity contribution is 0.619. The molecule has 1 saturated heterocycles. The first-order valence-corrected chi connectivity index (χ1v) is 6.99. The largest absolute Gasteiger partial charge is 0.371 e. The van der Waals surface area contributed by atoms with Gasteiger partial charge in [-0.2, -0.15) is 0 Å². The molecule has 1 aliphatic rings. The van der Waals surface area contributed by atoms with Gasteiger partial charge in [0.2, 0.25) is 5.95 Å². The zero-order chi connectivity index (χ0) is 13.8. The molecule has 1 aromatic carbocycles. The highest BCUT2D eigenvalue weighted by atomic mass is 15.2. The van der Waals surface area contributed by atoms with E-state index in [1.807, 2.05) is 0 Å². The Kier molecular flexibility index (Phi) is 3.76. The number of hydrogen-bond acceptors (Lipinski definition) is 5. The molecule has 2 heterocycles. The number of nitrogens with zero attached hydrogens (tertiary/aromatic N) is 4. The Morgan fingerprint density at radius 2 is 1.95 bits per heavy atom. The van der Waals surface area contributed by atoms with Crippen LogP contribution in [0.1, 0.15) is 12.0 Å². The van der Waals surface area contributed by atoms with Crippen LogP contribution in [0.4, 0.5) is 11.6 Å². The first-order chi connectivity index (χ1) is 9.81. The SMILES string of the molecule is Cc1ccc(N2CC[C@@H](CNc3ncncn3)C2)cc1. The van der Waals surface area contributed by atoms with Crippen molar-refractivity contribution in [3.63, 3.8) is 0 Å². The van der Waals surface area contributed by atoms with Crippen LogP contribution in [-0.2, 0) is 0 Å². The quantitative estimate of drug-likeness (QED) is 0.921. The third kappa shape index (κ3) is 3.04. The number of benzene rings is 1. The zero-order valence-corrected chi connectivity index (χ0v) is 11.7. The summed E-state index contributed by atoms with van der Waals surface area (Å²) in [4.78, 5) is 14.4. The summed E-state index contributed by atoms with van der Waals surface area (Å²) in [6.07, 6.45) is 4.23. The van der Waals surface area contributed by atoms with E-state index in [0.717, 1.165) is 19.6 Å². The summed E-state index contributed by atoms with van der Waals surface area (Å²) >= 11 is 0. The van der Waals surface area contributed by atoms with Gasteiger partial charge in [-0.05, 0) is 31.4 Å². The first-order valence-electron chi connectivity index (χ1n) is 6.99. The summed E-state index contributed by atoms with van der Waals surface area (Å²) in [5.74, 6) is 1.29. The second kappa shape index (κ2) is 5.86. The predicted molar refractivity (Wildman–Crippen MR) is 79.8 cm³/mol. The van der Waals surface area contributed by atoms with Gasteiger partial charge in [0.05, 0.1) is 0 Å². The van der Waals surface area contributed by atoms with Crippen LogP contribution in [0.2, 0.25) is 0 Å². The van der Waals surface area contributed by atoms with Gasteiger partial charge >= 0.3 is 0 Å². The normalized spacial score (nSPS) is 18.2. The molecule has 1 atom stereocenters. The maximum atomic E-state index is 4.08. The van der Waals surface area contributed by atoms with Crippen LogP contribution in [0.5, 0.6) is 0 Å². The van der Waals surface area contributed by atoms with E-state index < -0.39 is 0 Å². The maximum Gasteiger partial charge on any atom is 0.225 e. The van der Waals surface area contributed by atoms with Gasteiger partial charge in [0.25, 0.3) is 0 Å². The second-order valence-electron chi connectivity index (χ2n) is 5.28. The number of rotatable bonds is 4. The third-order valence-electron chi connectivity index (χ3n) is 3.73. The minimum absolute atomic E-state index is 0.632. The average Bonchev–Trinajstić information content (AvgIpc) is 2.96. The van der Waals surface area contributed by atoms with Crippen LogP contribution < -0.4 is 10.2 Å². The molecule has 1 aliphatic heterocycles. The van der Waals surface area contributed by atoms with E-state index in [0.29, 0.717) is 11.9 Å². The smallest absolute Gasteiger partial charge is 0.225 e. The van der Waals surface area contributed by atoms with E-state index in [-0.39, 0.29) is 0 Å². The van der Waals surface area contributed by atoms with E-state index in [1.54, 1.807) is 0 Å².